The van der Waals surface area contributed by atoms with E-state index in [1.807, 2.05) is 0 Å². The summed E-state index contributed by atoms with van der Waals surface area (Å²) < 4.78 is 0. The van der Waals surface area contributed by atoms with Crippen molar-refractivity contribution in [3.8, 4) is 0 Å². The third-order valence-electron chi connectivity index (χ3n) is 4.07. The molecule has 1 rings (SSSR count). The minimum atomic E-state index is 0.535. The maximum atomic E-state index is 3.76. The molecule has 0 saturated heterocycles. The smallest absolute Gasteiger partial charge is 0.0325 e. The molecule has 0 heterocycles. The number of nitrogens with one attached hydrogen (secondary N) is 1. The first-order chi connectivity index (χ1) is 9.60. The first kappa shape index (κ1) is 17.2. The highest BCUT2D eigenvalue weighted by Gasteiger charge is 2.15. The summed E-state index contributed by atoms with van der Waals surface area (Å²) in [5.74, 6) is 0. The van der Waals surface area contributed by atoms with Gasteiger partial charge >= 0.3 is 0 Å². The van der Waals surface area contributed by atoms with Crippen molar-refractivity contribution in [3.05, 3.63) is 34.4 Å². The van der Waals surface area contributed by atoms with Crippen LogP contribution in [-0.4, -0.2) is 6.54 Å². The van der Waals surface area contributed by atoms with E-state index in [0.29, 0.717) is 6.04 Å². The highest BCUT2D eigenvalue weighted by Crippen LogP contribution is 2.27. The van der Waals surface area contributed by atoms with E-state index in [1.54, 1.807) is 5.56 Å². The molecule has 0 fully saturated rings. The number of unbranched alkanes of at least 4 members (excludes halogenated alkanes) is 3. The number of rotatable bonds is 9. The van der Waals surface area contributed by atoms with Crippen LogP contribution in [-0.2, 0) is 0 Å². The number of hydrogen-bond acceptors (Lipinski definition) is 1. The molecule has 0 aliphatic heterocycles. The molecule has 1 heteroatoms. The summed E-state index contributed by atoms with van der Waals surface area (Å²) in [4.78, 5) is 0. The summed E-state index contributed by atoms with van der Waals surface area (Å²) in [5.41, 5.74) is 5.82. The minimum absolute atomic E-state index is 0.535. The van der Waals surface area contributed by atoms with Gasteiger partial charge in [0.05, 0.1) is 0 Å². The Bertz CT molecular complexity index is 372. The van der Waals surface area contributed by atoms with Gasteiger partial charge in [0, 0.05) is 6.04 Å². The van der Waals surface area contributed by atoms with Gasteiger partial charge in [-0.05, 0) is 56.8 Å². The predicted molar refractivity (Wildman–Crippen MR) is 90.4 cm³/mol. The Balaban J connectivity index is 2.81. The highest BCUT2D eigenvalue weighted by atomic mass is 14.9. The Labute approximate surface area is 126 Å². The van der Waals surface area contributed by atoms with E-state index in [0.717, 1.165) is 6.54 Å². The summed E-state index contributed by atoms with van der Waals surface area (Å²) in [7, 11) is 0. The van der Waals surface area contributed by atoms with Crippen LogP contribution in [0.3, 0.4) is 0 Å². The first-order valence-electron chi connectivity index (χ1n) is 8.41. The second-order valence-electron chi connectivity index (χ2n) is 6.17. The number of benzene rings is 1. The molecule has 1 aromatic rings. The molecule has 0 aromatic heterocycles. The Morgan fingerprint density at radius 3 is 2.10 bits per heavy atom. The van der Waals surface area contributed by atoms with Gasteiger partial charge in [-0.3, -0.25) is 0 Å². The lowest BCUT2D eigenvalue weighted by atomic mass is 9.91. The molecule has 1 aromatic carbocycles. The lowest BCUT2D eigenvalue weighted by molar-refractivity contribution is 0.467. The van der Waals surface area contributed by atoms with Crippen LogP contribution in [0.5, 0.6) is 0 Å². The molecule has 1 atom stereocenters. The van der Waals surface area contributed by atoms with Gasteiger partial charge in [0.2, 0.25) is 0 Å². The molecule has 20 heavy (non-hydrogen) atoms. The molecule has 1 nitrogen and oxygen atoms in total. The Kier molecular flexibility index (Phi) is 7.91. The van der Waals surface area contributed by atoms with Crippen molar-refractivity contribution in [1.29, 1.82) is 0 Å². The van der Waals surface area contributed by atoms with Crippen LogP contribution in [0.15, 0.2) is 12.1 Å². The van der Waals surface area contributed by atoms with Crippen LogP contribution in [0.4, 0.5) is 0 Å². The van der Waals surface area contributed by atoms with Crippen LogP contribution < -0.4 is 5.32 Å². The van der Waals surface area contributed by atoms with Crippen LogP contribution in [0.2, 0.25) is 0 Å². The maximum Gasteiger partial charge on any atom is 0.0325 e. The van der Waals surface area contributed by atoms with Crippen molar-refractivity contribution in [2.45, 2.75) is 79.2 Å². The topological polar surface area (TPSA) is 12.0 Å². The zero-order valence-electron chi connectivity index (χ0n) is 14.2. The molecule has 1 unspecified atom stereocenters. The Morgan fingerprint density at radius 1 is 0.900 bits per heavy atom. The monoisotopic (exact) mass is 275 g/mol. The van der Waals surface area contributed by atoms with E-state index in [1.165, 1.54) is 55.2 Å². The first-order valence-corrected chi connectivity index (χ1v) is 8.41. The summed E-state index contributed by atoms with van der Waals surface area (Å²) in [5, 5.41) is 3.76. The molecule has 0 radical (unpaired) electrons. The van der Waals surface area contributed by atoms with E-state index in [2.05, 4.69) is 52.1 Å². The fraction of sp³-hybridized carbons (Fsp3) is 0.684. The van der Waals surface area contributed by atoms with Crippen LogP contribution in [0.25, 0.3) is 0 Å². The molecular weight excluding hydrogens is 242 g/mol. The lowest BCUT2D eigenvalue weighted by Gasteiger charge is -2.23. The average Bonchev–Trinajstić information content (AvgIpc) is 2.38. The SMILES string of the molecule is CCCCCCC(NCCC)c1c(C)cc(C)cc1C. The normalized spacial score (nSPS) is 12.7. The fourth-order valence-electron chi connectivity index (χ4n) is 3.18. The second kappa shape index (κ2) is 9.18. The predicted octanol–water partition coefficient (Wildman–Crippen LogP) is 5.62. The summed E-state index contributed by atoms with van der Waals surface area (Å²) in [6.07, 6.45) is 7.86. The summed E-state index contributed by atoms with van der Waals surface area (Å²) in [6, 6.07) is 5.19. The van der Waals surface area contributed by atoms with Gasteiger partial charge in [0.25, 0.3) is 0 Å². The van der Waals surface area contributed by atoms with Gasteiger partial charge in [0.1, 0.15) is 0 Å². The van der Waals surface area contributed by atoms with E-state index in [4.69, 9.17) is 0 Å². The van der Waals surface area contributed by atoms with Crippen molar-refractivity contribution < 1.29 is 0 Å². The van der Waals surface area contributed by atoms with E-state index < -0.39 is 0 Å². The maximum absolute atomic E-state index is 3.76. The molecule has 0 aliphatic rings. The van der Waals surface area contributed by atoms with Crippen molar-refractivity contribution in [1.82, 2.24) is 5.32 Å². The van der Waals surface area contributed by atoms with Gasteiger partial charge in [-0.1, -0.05) is 57.2 Å². The van der Waals surface area contributed by atoms with Crippen molar-refractivity contribution in [2.75, 3.05) is 6.54 Å². The van der Waals surface area contributed by atoms with E-state index in [-0.39, 0.29) is 0 Å². The highest BCUT2D eigenvalue weighted by molar-refractivity contribution is 5.39. The standard InChI is InChI=1S/C19H33N/c1-6-8-9-10-11-18(20-12-7-2)19-16(4)13-15(3)14-17(19)5/h13-14,18,20H,6-12H2,1-5H3. The second-order valence-corrected chi connectivity index (χ2v) is 6.17. The average molecular weight is 275 g/mol. The molecule has 0 spiro atoms. The Hall–Kier alpha value is -0.820. The molecule has 0 amide bonds. The lowest BCUT2D eigenvalue weighted by Crippen LogP contribution is -2.24. The largest absolute Gasteiger partial charge is 0.310 e. The van der Waals surface area contributed by atoms with Crippen LogP contribution in [0, 0.1) is 20.8 Å². The molecule has 0 saturated carbocycles. The number of hydrogen-bond donors (Lipinski definition) is 1. The summed E-state index contributed by atoms with van der Waals surface area (Å²) in [6.45, 7) is 12.4. The van der Waals surface area contributed by atoms with E-state index >= 15 is 0 Å². The fourth-order valence-corrected chi connectivity index (χ4v) is 3.18. The number of aryl methyl sites for hydroxylation is 3. The quantitative estimate of drug-likeness (QED) is 0.576. The third-order valence-corrected chi connectivity index (χ3v) is 4.07. The molecule has 1 N–H and O–H groups in total. The van der Waals surface area contributed by atoms with Crippen LogP contribution >= 0.6 is 0 Å². The molecular formula is C19H33N. The zero-order chi connectivity index (χ0) is 15.0. The van der Waals surface area contributed by atoms with Crippen molar-refractivity contribution >= 4 is 0 Å². The molecule has 114 valence electrons. The van der Waals surface area contributed by atoms with Gasteiger partial charge < -0.3 is 5.32 Å². The third kappa shape index (κ3) is 5.28. The van der Waals surface area contributed by atoms with Gasteiger partial charge in [0.15, 0.2) is 0 Å². The van der Waals surface area contributed by atoms with Crippen LogP contribution in [0.1, 0.15) is 80.7 Å². The van der Waals surface area contributed by atoms with Gasteiger partial charge in [-0.2, -0.15) is 0 Å². The minimum Gasteiger partial charge on any atom is -0.310 e. The van der Waals surface area contributed by atoms with Crippen molar-refractivity contribution in [3.63, 3.8) is 0 Å². The van der Waals surface area contributed by atoms with Gasteiger partial charge in [-0.15, -0.1) is 0 Å². The molecule has 0 bridgehead atoms. The summed E-state index contributed by atoms with van der Waals surface area (Å²) >= 11 is 0. The van der Waals surface area contributed by atoms with E-state index in [9.17, 15) is 0 Å². The Morgan fingerprint density at radius 2 is 1.55 bits per heavy atom. The molecule has 0 aliphatic carbocycles. The zero-order valence-corrected chi connectivity index (χ0v) is 14.2. The van der Waals surface area contributed by atoms with Crippen molar-refractivity contribution in [2.24, 2.45) is 0 Å². The van der Waals surface area contributed by atoms with Gasteiger partial charge in [-0.25, -0.2) is 0 Å².